The minimum atomic E-state index is -4.33. The predicted octanol–water partition coefficient (Wildman–Crippen LogP) is 25.9. The van der Waals surface area contributed by atoms with Crippen LogP contribution in [0.25, 0.3) is 0 Å². The summed E-state index contributed by atoms with van der Waals surface area (Å²) in [4.78, 5) is 23.5. The van der Waals surface area contributed by atoms with Crippen molar-refractivity contribution < 1.29 is 32.9 Å². The highest BCUT2D eigenvalue weighted by Crippen LogP contribution is 2.43. The van der Waals surface area contributed by atoms with Gasteiger partial charge in [0.05, 0.1) is 39.9 Å². The molecule has 0 aromatic heterocycles. The Kier molecular flexibility index (Phi) is 70.1. The summed E-state index contributed by atoms with van der Waals surface area (Å²) < 4.78 is 24.0. The van der Waals surface area contributed by atoms with Gasteiger partial charge in [-0.3, -0.25) is 13.8 Å². The first-order chi connectivity index (χ1) is 44.0. The second kappa shape index (κ2) is 71.5. The van der Waals surface area contributed by atoms with Crippen molar-refractivity contribution in [2.24, 2.45) is 0 Å². The van der Waals surface area contributed by atoms with E-state index in [1.165, 1.54) is 302 Å². The minimum Gasteiger partial charge on any atom is -0.391 e. The molecule has 90 heavy (non-hydrogen) atoms. The highest BCUT2D eigenvalue weighted by Gasteiger charge is 2.28. The monoisotopic (exact) mass is 1280 g/mol. The van der Waals surface area contributed by atoms with Gasteiger partial charge in [-0.05, 0) is 57.8 Å². The lowest BCUT2D eigenvalue weighted by atomic mass is 10.0. The van der Waals surface area contributed by atoms with Gasteiger partial charge in [0.2, 0.25) is 5.91 Å². The quantitative estimate of drug-likeness (QED) is 0.0243. The van der Waals surface area contributed by atoms with E-state index in [2.05, 4.69) is 79.9 Å². The summed E-state index contributed by atoms with van der Waals surface area (Å²) >= 11 is 0. The van der Waals surface area contributed by atoms with Gasteiger partial charge in [0.15, 0.2) is 0 Å². The van der Waals surface area contributed by atoms with Crippen molar-refractivity contribution in [1.29, 1.82) is 0 Å². The molecule has 3 atom stereocenters. The van der Waals surface area contributed by atoms with Crippen LogP contribution in [0.5, 0.6) is 0 Å². The molecule has 0 radical (unpaired) electrons. The summed E-state index contributed by atoms with van der Waals surface area (Å²) in [5.74, 6) is -0.136. The Morgan fingerprint density at radius 3 is 0.978 bits per heavy atom. The summed E-state index contributed by atoms with van der Waals surface area (Å²) in [6.07, 6.45) is 99.4. The molecule has 1 amide bonds. The third-order valence-electron chi connectivity index (χ3n) is 18.3. The normalized spacial score (nSPS) is 13.8. The van der Waals surface area contributed by atoms with E-state index >= 15 is 0 Å². The van der Waals surface area contributed by atoms with E-state index in [0.29, 0.717) is 23.9 Å². The smallest absolute Gasteiger partial charge is 0.391 e. The van der Waals surface area contributed by atoms with Gasteiger partial charge in [0.1, 0.15) is 13.2 Å². The van der Waals surface area contributed by atoms with Crippen molar-refractivity contribution in [2.75, 3.05) is 40.9 Å². The van der Waals surface area contributed by atoms with Crippen LogP contribution in [0.1, 0.15) is 399 Å². The second-order valence-corrected chi connectivity index (χ2v) is 29.9. The number of carbonyl (C=O) groups is 1. The molecular formula is C81H156N2O6P+. The first-order valence-electron chi connectivity index (χ1n) is 39.7. The predicted molar refractivity (Wildman–Crippen MR) is 397 cm³/mol. The molecule has 0 bridgehead atoms. The van der Waals surface area contributed by atoms with Crippen molar-refractivity contribution in [1.82, 2.24) is 5.32 Å². The number of hydrogen-bond acceptors (Lipinski definition) is 5. The standard InChI is InChI=1S/C81H155N2O6P/c1-6-8-10-12-14-16-18-20-22-24-26-28-30-32-34-36-38-39-40-41-42-43-45-47-49-51-53-55-57-59-61-63-65-67-69-71-73-75-81(85)82-79(78-89-90(86,87)88-77-76-83(3,4)5)80(84)74-72-70-68-66-64-62-60-58-56-54-52-50-48-46-44-37-35-33-31-29-27-25-23-21-19-17-15-13-11-9-7-2/h8,10,14,16,20,22,26,28,32,34,79-80,84H,6-7,9,11-13,15,17-19,21,23-25,27,29-31,33,35-78H2,1-5H3,(H-,82,85,86,87)/p+1/b10-8-,16-14-,22-20-,28-26-,34-32-. The lowest BCUT2D eigenvalue weighted by Crippen LogP contribution is -2.46. The number of aliphatic hydroxyl groups is 1. The Balaban J connectivity index is 3.93. The molecule has 0 aliphatic carbocycles. The molecule has 0 rings (SSSR count). The number of allylic oxidation sites excluding steroid dienone is 10. The van der Waals surface area contributed by atoms with Crippen LogP contribution < -0.4 is 5.32 Å². The van der Waals surface area contributed by atoms with E-state index in [1.807, 2.05) is 21.1 Å². The molecular weight excluding hydrogens is 1130 g/mol. The van der Waals surface area contributed by atoms with Crippen LogP contribution in [0.4, 0.5) is 0 Å². The van der Waals surface area contributed by atoms with Gasteiger partial charge >= 0.3 is 7.82 Å². The van der Waals surface area contributed by atoms with Crippen molar-refractivity contribution in [2.45, 2.75) is 411 Å². The Hall–Kier alpha value is -1.80. The molecule has 0 fully saturated rings. The number of amides is 1. The molecule has 0 saturated heterocycles. The van der Waals surface area contributed by atoms with Gasteiger partial charge in [0.25, 0.3) is 0 Å². The van der Waals surface area contributed by atoms with E-state index in [9.17, 15) is 19.4 Å². The van der Waals surface area contributed by atoms with E-state index in [0.717, 1.165) is 70.6 Å². The highest BCUT2D eigenvalue weighted by atomic mass is 31.2. The molecule has 0 spiro atoms. The number of hydrogen-bond donors (Lipinski definition) is 3. The van der Waals surface area contributed by atoms with Crippen LogP contribution in [0.2, 0.25) is 0 Å². The summed E-state index contributed by atoms with van der Waals surface area (Å²) in [6, 6.07) is -0.763. The van der Waals surface area contributed by atoms with Gasteiger partial charge < -0.3 is 19.8 Å². The summed E-state index contributed by atoms with van der Waals surface area (Å²) in [5.41, 5.74) is 0. The lowest BCUT2D eigenvalue weighted by molar-refractivity contribution is -0.870. The van der Waals surface area contributed by atoms with Crippen LogP contribution in [-0.2, 0) is 18.4 Å². The number of phosphoric acid groups is 1. The number of likely N-dealkylation sites (N-methyl/N-ethyl adjacent to an activating group) is 1. The third kappa shape index (κ3) is 73.6. The number of unbranched alkanes of at least 4 members (excludes halogenated alkanes) is 51. The molecule has 0 aliphatic heterocycles. The topological polar surface area (TPSA) is 105 Å². The zero-order valence-corrected chi connectivity index (χ0v) is 61.8. The van der Waals surface area contributed by atoms with Crippen LogP contribution in [0.3, 0.4) is 0 Å². The van der Waals surface area contributed by atoms with Crippen LogP contribution in [0, 0.1) is 0 Å². The SMILES string of the molecule is CC/C=C\C/C=C\C/C=C\C/C=C\C/C=C\CCCCCCCCCCCCCCCCCCCCCCCC(=O)NC(COP(=O)(O)OCC[N+](C)(C)C)C(O)CCCCCCCCCCCCCCCCCCCCCCCCCCCCCCCCC. The average Bonchev–Trinajstić information content (AvgIpc) is 3.18. The summed E-state index contributed by atoms with van der Waals surface area (Å²) in [5, 5.41) is 14.2. The van der Waals surface area contributed by atoms with Gasteiger partial charge in [-0.25, -0.2) is 4.57 Å². The minimum absolute atomic E-state index is 0.0762. The van der Waals surface area contributed by atoms with E-state index in [-0.39, 0.29) is 19.1 Å². The van der Waals surface area contributed by atoms with Crippen LogP contribution in [0.15, 0.2) is 60.8 Å². The Bertz CT molecular complexity index is 1650. The molecule has 8 nitrogen and oxygen atoms in total. The Morgan fingerprint density at radius 1 is 0.389 bits per heavy atom. The molecule has 3 N–H and O–H groups in total. The number of rotatable bonds is 74. The number of quaternary nitrogens is 1. The molecule has 0 aromatic carbocycles. The second-order valence-electron chi connectivity index (χ2n) is 28.4. The molecule has 0 saturated carbocycles. The first-order valence-corrected chi connectivity index (χ1v) is 41.1. The molecule has 3 unspecified atom stereocenters. The fourth-order valence-electron chi connectivity index (χ4n) is 12.2. The van der Waals surface area contributed by atoms with Crippen molar-refractivity contribution in [3.05, 3.63) is 60.8 Å². The van der Waals surface area contributed by atoms with Crippen LogP contribution >= 0.6 is 7.82 Å². The Morgan fingerprint density at radius 2 is 0.667 bits per heavy atom. The van der Waals surface area contributed by atoms with Gasteiger partial charge in [-0.2, -0.15) is 0 Å². The molecule has 0 heterocycles. The fraction of sp³-hybridized carbons (Fsp3) is 0.864. The number of nitrogens with zero attached hydrogens (tertiary/aromatic N) is 1. The summed E-state index contributed by atoms with van der Waals surface area (Å²) in [6.45, 7) is 4.84. The first kappa shape index (κ1) is 88.2. The number of phosphoric ester groups is 1. The zero-order valence-electron chi connectivity index (χ0n) is 60.9. The maximum atomic E-state index is 13.1. The largest absolute Gasteiger partial charge is 0.472 e. The maximum Gasteiger partial charge on any atom is 0.472 e. The lowest BCUT2D eigenvalue weighted by Gasteiger charge is -2.26. The van der Waals surface area contributed by atoms with Gasteiger partial charge in [0, 0.05) is 6.42 Å². The van der Waals surface area contributed by atoms with Crippen molar-refractivity contribution in [3.63, 3.8) is 0 Å². The molecule has 9 heteroatoms. The molecule has 0 aliphatic rings. The van der Waals surface area contributed by atoms with Gasteiger partial charge in [-0.1, -0.05) is 396 Å². The average molecular weight is 1290 g/mol. The van der Waals surface area contributed by atoms with E-state index < -0.39 is 20.0 Å². The van der Waals surface area contributed by atoms with Crippen molar-refractivity contribution in [3.8, 4) is 0 Å². The van der Waals surface area contributed by atoms with E-state index in [4.69, 9.17) is 9.05 Å². The number of carbonyl (C=O) groups excluding carboxylic acids is 1. The van der Waals surface area contributed by atoms with Gasteiger partial charge in [-0.15, -0.1) is 0 Å². The van der Waals surface area contributed by atoms with E-state index in [1.54, 1.807) is 0 Å². The zero-order chi connectivity index (χ0) is 65.5. The molecule has 530 valence electrons. The maximum absolute atomic E-state index is 13.1. The third-order valence-corrected chi connectivity index (χ3v) is 19.3. The van der Waals surface area contributed by atoms with Crippen molar-refractivity contribution >= 4 is 13.7 Å². The summed E-state index contributed by atoms with van der Waals surface area (Å²) in [7, 11) is 1.63. The number of aliphatic hydroxyl groups excluding tert-OH is 1. The van der Waals surface area contributed by atoms with Crippen LogP contribution in [-0.4, -0.2) is 73.4 Å². The highest BCUT2D eigenvalue weighted by molar-refractivity contribution is 7.47. The Labute approximate surface area is 562 Å². The molecule has 0 aromatic rings. The fourth-order valence-corrected chi connectivity index (χ4v) is 12.9. The number of nitrogens with one attached hydrogen (secondary N) is 1.